The maximum Gasteiger partial charge on any atom is 0.269 e. The van der Waals surface area contributed by atoms with Crippen LogP contribution in [0.5, 0.6) is 0 Å². The summed E-state index contributed by atoms with van der Waals surface area (Å²) in [5, 5.41) is 16.3. The summed E-state index contributed by atoms with van der Waals surface area (Å²) in [6.45, 7) is 2.54. The molecule has 1 aromatic carbocycles. The van der Waals surface area contributed by atoms with E-state index in [1.165, 1.54) is 18.2 Å². The third-order valence-electron chi connectivity index (χ3n) is 3.98. The molecule has 1 fully saturated rings. The highest BCUT2D eigenvalue weighted by Crippen LogP contribution is 2.17. The first-order valence-corrected chi connectivity index (χ1v) is 8.13. The molecular formula is C18H21N3O4. The number of nitro groups is 1. The summed E-state index contributed by atoms with van der Waals surface area (Å²) in [4.78, 5) is 33.9. The van der Waals surface area contributed by atoms with E-state index in [0.29, 0.717) is 18.5 Å². The van der Waals surface area contributed by atoms with Gasteiger partial charge in [-0.2, -0.15) is 0 Å². The van der Waals surface area contributed by atoms with Crippen LogP contribution in [0, 0.1) is 16.0 Å². The zero-order valence-electron chi connectivity index (χ0n) is 14.0. The molecule has 7 nitrogen and oxygen atoms in total. The lowest BCUT2D eigenvalue weighted by molar-refractivity contribution is -0.384. The van der Waals surface area contributed by atoms with E-state index in [4.69, 9.17) is 0 Å². The average molecular weight is 343 g/mol. The first kappa shape index (κ1) is 18.4. The third-order valence-corrected chi connectivity index (χ3v) is 3.98. The van der Waals surface area contributed by atoms with Crippen LogP contribution < -0.4 is 10.6 Å². The van der Waals surface area contributed by atoms with E-state index in [-0.39, 0.29) is 29.5 Å². The summed E-state index contributed by atoms with van der Waals surface area (Å²) in [5.74, 6) is -0.329. The highest BCUT2D eigenvalue weighted by Gasteiger charge is 2.26. The molecule has 1 aliphatic rings. The van der Waals surface area contributed by atoms with Crippen molar-refractivity contribution >= 4 is 23.6 Å². The molecule has 0 unspecified atom stereocenters. The first-order chi connectivity index (χ1) is 12.0. The number of carbonyl (C=O) groups is 2. The third kappa shape index (κ3) is 5.56. The minimum atomic E-state index is -0.471. The van der Waals surface area contributed by atoms with Crippen LogP contribution in [0.25, 0.3) is 6.08 Å². The SMILES string of the molecule is C/C=C/[C@H](C[C@@H]1CCNC1=O)NC(=O)/C=C/c1ccc([N+](=O)[O-])cc1. The summed E-state index contributed by atoms with van der Waals surface area (Å²) in [5.41, 5.74) is 0.697. The Balaban J connectivity index is 1.93. The molecule has 0 aromatic heterocycles. The fourth-order valence-corrected chi connectivity index (χ4v) is 2.70. The van der Waals surface area contributed by atoms with Crippen molar-refractivity contribution in [2.45, 2.75) is 25.8 Å². The fraction of sp³-hybridized carbons (Fsp3) is 0.333. The predicted octanol–water partition coefficient (Wildman–Crippen LogP) is 2.20. The Hall–Kier alpha value is -2.96. The summed E-state index contributed by atoms with van der Waals surface area (Å²) < 4.78 is 0. The molecule has 1 aliphatic heterocycles. The largest absolute Gasteiger partial charge is 0.356 e. The summed E-state index contributed by atoms with van der Waals surface area (Å²) in [6, 6.07) is 5.72. The van der Waals surface area contributed by atoms with Crippen LogP contribution in [-0.2, 0) is 9.59 Å². The highest BCUT2D eigenvalue weighted by atomic mass is 16.6. The van der Waals surface area contributed by atoms with Gasteiger partial charge in [0.15, 0.2) is 0 Å². The maximum absolute atomic E-state index is 12.1. The van der Waals surface area contributed by atoms with Crippen LogP contribution in [-0.4, -0.2) is 29.3 Å². The Labute approximate surface area is 146 Å². The van der Waals surface area contributed by atoms with Crippen molar-refractivity contribution in [2.24, 2.45) is 5.92 Å². The van der Waals surface area contributed by atoms with Crippen molar-refractivity contribution in [1.29, 1.82) is 0 Å². The van der Waals surface area contributed by atoms with Crippen LogP contribution in [0.2, 0.25) is 0 Å². The summed E-state index contributed by atoms with van der Waals surface area (Å²) in [6.07, 6.45) is 8.02. The number of nitro benzene ring substituents is 1. The summed E-state index contributed by atoms with van der Waals surface area (Å²) in [7, 11) is 0. The second kappa shape index (κ2) is 8.77. The lowest BCUT2D eigenvalue weighted by Crippen LogP contribution is -2.35. The molecule has 132 valence electrons. The lowest BCUT2D eigenvalue weighted by Gasteiger charge is -2.16. The number of hydrogen-bond acceptors (Lipinski definition) is 4. The van der Waals surface area contributed by atoms with E-state index in [0.717, 1.165) is 6.42 Å². The van der Waals surface area contributed by atoms with E-state index in [1.54, 1.807) is 18.2 Å². The molecule has 0 spiro atoms. The maximum atomic E-state index is 12.1. The van der Waals surface area contributed by atoms with Crippen molar-refractivity contribution < 1.29 is 14.5 Å². The van der Waals surface area contributed by atoms with Gasteiger partial charge < -0.3 is 10.6 Å². The number of rotatable bonds is 7. The van der Waals surface area contributed by atoms with Crippen LogP contribution >= 0.6 is 0 Å². The molecular weight excluding hydrogens is 322 g/mol. The van der Waals surface area contributed by atoms with E-state index >= 15 is 0 Å². The molecule has 2 N–H and O–H groups in total. The van der Waals surface area contributed by atoms with Gasteiger partial charge in [0.25, 0.3) is 5.69 Å². The number of hydrogen-bond donors (Lipinski definition) is 2. The molecule has 2 rings (SSSR count). The van der Waals surface area contributed by atoms with Gasteiger partial charge in [0.05, 0.1) is 4.92 Å². The van der Waals surface area contributed by atoms with Crippen LogP contribution in [0.3, 0.4) is 0 Å². The second-order valence-electron chi connectivity index (χ2n) is 5.84. The molecule has 25 heavy (non-hydrogen) atoms. The molecule has 2 atom stereocenters. The number of benzene rings is 1. The van der Waals surface area contributed by atoms with Crippen molar-refractivity contribution in [3.8, 4) is 0 Å². The van der Waals surface area contributed by atoms with Crippen molar-refractivity contribution in [3.05, 3.63) is 58.2 Å². The van der Waals surface area contributed by atoms with Crippen LogP contribution in [0.1, 0.15) is 25.3 Å². The van der Waals surface area contributed by atoms with Gasteiger partial charge in [0, 0.05) is 36.7 Å². The van der Waals surface area contributed by atoms with Gasteiger partial charge in [-0.05, 0) is 43.5 Å². The van der Waals surface area contributed by atoms with Crippen molar-refractivity contribution in [1.82, 2.24) is 10.6 Å². The van der Waals surface area contributed by atoms with Crippen molar-refractivity contribution in [2.75, 3.05) is 6.54 Å². The Morgan fingerprint density at radius 3 is 2.72 bits per heavy atom. The number of nitrogens with zero attached hydrogens (tertiary/aromatic N) is 1. The predicted molar refractivity (Wildman–Crippen MR) is 94.6 cm³/mol. The number of allylic oxidation sites excluding steroid dienone is 1. The minimum Gasteiger partial charge on any atom is -0.356 e. The molecule has 1 saturated heterocycles. The molecule has 1 aromatic rings. The number of non-ortho nitro benzene ring substituents is 1. The quantitative estimate of drug-likeness (QED) is 0.343. The van der Waals surface area contributed by atoms with Gasteiger partial charge in [-0.25, -0.2) is 0 Å². The molecule has 0 saturated carbocycles. The molecule has 0 radical (unpaired) electrons. The Morgan fingerprint density at radius 1 is 1.44 bits per heavy atom. The molecule has 0 aliphatic carbocycles. The molecule has 2 amide bonds. The van der Waals surface area contributed by atoms with Gasteiger partial charge in [0.1, 0.15) is 0 Å². The van der Waals surface area contributed by atoms with E-state index in [9.17, 15) is 19.7 Å². The smallest absolute Gasteiger partial charge is 0.269 e. The molecule has 7 heteroatoms. The first-order valence-electron chi connectivity index (χ1n) is 8.13. The second-order valence-corrected chi connectivity index (χ2v) is 5.84. The van der Waals surface area contributed by atoms with E-state index < -0.39 is 4.92 Å². The summed E-state index contributed by atoms with van der Waals surface area (Å²) >= 11 is 0. The van der Waals surface area contributed by atoms with Crippen LogP contribution in [0.4, 0.5) is 5.69 Å². The molecule has 1 heterocycles. The fourth-order valence-electron chi connectivity index (χ4n) is 2.70. The monoisotopic (exact) mass is 343 g/mol. The number of amides is 2. The standard InChI is InChI=1S/C18H21N3O4/c1-2-3-15(12-14-10-11-19-18(14)23)20-17(22)9-6-13-4-7-16(8-5-13)21(24)25/h2-9,14-15H,10-12H2,1H3,(H,19,23)(H,20,22)/b3-2+,9-6+/t14-,15+/m0/s1. The number of carbonyl (C=O) groups excluding carboxylic acids is 2. The van der Waals surface area contributed by atoms with Crippen LogP contribution in [0.15, 0.2) is 42.5 Å². The van der Waals surface area contributed by atoms with Crippen molar-refractivity contribution in [3.63, 3.8) is 0 Å². The van der Waals surface area contributed by atoms with Gasteiger partial charge in [-0.1, -0.05) is 12.2 Å². The van der Waals surface area contributed by atoms with E-state index in [2.05, 4.69) is 10.6 Å². The van der Waals surface area contributed by atoms with Gasteiger partial charge in [-0.15, -0.1) is 0 Å². The zero-order chi connectivity index (χ0) is 18.2. The topological polar surface area (TPSA) is 101 Å². The number of nitrogens with one attached hydrogen (secondary N) is 2. The van der Waals surface area contributed by atoms with Gasteiger partial charge in [0.2, 0.25) is 11.8 Å². The Bertz CT molecular complexity index is 695. The van der Waals surface area contributed by atoms with E-state index in [1.807, 2.05) is 19.1 Å². The van der Waals surface area contributed by atoms with Gasteiger partial charge >= 0.3 is 0 Å². The Morgan fingerprint density at radius 2 is 2.16 bits per heavy atom. The highest BCUT2D eigenvalue weighted by molar-refractivity contribution is 5.92. The Kier molecular flexibility index (Phi) is 6.45. The minimum absolute atomic E-state index is 0.00425. The van der Waals surface area contributed by atoms with Gasteiger partial charge in [-0.3, -0.25) is 19.7 Å². The normalized spacial score (nSPS) is 18.4. The molecule has 0 bridgehead atoms. The lowest BCUT2D eigenvalue weighted by atomic mass is 9.98. The average Bonchev–Trinajstić information content (AvgIpc) is 2.98. The zero-order valence-corrected chi connectivity index (χ0v) is 14.0.